The number of nitrogens with one attached hydrogen (secondary N) is 1. The number of halogens is 1. The molecule has 4 rings (SSSR count). The minimum absolute atomic E-state index is 0.240. The Balaban J connectivity index is 1.81. The number of aromatic amines is 1. The molecule has 0 saturated heterocycles. The molecule has 0 amide bonds. The minimum atomic E-state index is -0.407. The van der Waals surface area contributed by atoms with Crippen LogP contribution in [-0.4, -0.2) is 26.8 Å². The van der Waals surface area contributed by atoms with E-state index in [0.717, 1.165) is 21.9 Å². The number of hydrogen-bond acceptors (Lipinski definition) is 4. The van der Waals surface area contributed by atoms with Gasteiger partial charge in [-0.2, -0.15) is 5.10 Å². The number of ether oxygens (including phenoxy) is 1. The lowest BCUT2D eigenvalue weighted by Crippen LogP contribution is -1.95. The van der Waals surface area contributed by atoms with Gasteiger partial charge < -0.3 is 4.74 Å². The second kappa shape index (κ2) is 5.31. The quantitative estimate of drug-likeness (QED) is 0.626. The molecule has 2 aromatic heterocycles. The van der Waals surface area contributed by atoms with E-state index in [-0.39, 0.29) is 5.75 Å². The highest BCUT2D eigenvalue weighted by Gasteiger charge is 2.09. The van der Waals surface area contributed by atoms with Gasteiger partial charge in [0, 0.05) is 10.9 Å². The van der Waals surface area contributed by atoms with Crippen LogP contribution in [-0.2, 0) is 0 Å². The maximum absolute atomic E-state index is 14.0. The van der Waals surface area contributed by atoms with Crippen molar-refractivity contribution in [2.24, 2.45) is 0 Å². The summed E-state index contributed by atoms with van der Waals surface area (Å²) in [6.07, 6.45) is 3.38. The van der Waals surface area contributed by atoms with Crippen molar-refractivity contribution in [1.29, 1.82) is 0 Å². The molecular weight excluding hydrogens is 295 g/mol. The van der Waals surface area contributed by atoms with Crippen molar-refractivity contribution in [3.05, 3.63) is 48.5 Å². The van der Waals surface area contributed by atoms with Crippen LogP contribution in [0.25, 0.3) is 33.2 Å². The second-order valence-electron chi connectivity index (χ2n) is 5.13. The predicted octanol–water partition coefficient (Wildman–Crippen LogP) is 3.71. The van der Waals surface area contributed by atoms with Gasteiger partial charge in [0.25, 0.3) is 0 Å². The van der Waals surface area contributed by atoms with Gasteiger partial charge in [-0.15, -0.1) is 0 Å². The molecule has 2 aromatic carbocycles. The lowest BCUT2D eigenvalue weighted by Gasteiger charge is -2.07. The average Bonchev–Trinajstić information content (AvgIpc) is 3.01. The van der Waals surface area contributed by atoms with Crippen molar-refractivity contribution in [2.45, 2.75) is 6.92 Å². The highest BCUT2D eigenvalue weighted by molar-refractivity contribution is 5.92. The van der Waals surface area contributed by atoms with Crippen molar-refractivity contribution < 1.29 is 9.13 Å². The molecule has 4 aromatic rings. The maximum atomic E-state index is 14.0. The molecule has 0 fully saturated rings. The molecule has 0 unspecified atom stereocenters. The molecule has 0 saturated carbocycles. The predicted molar refractivity (Wildman–Crippen MR) is 85.8 cm³/mol. The average molecular weight is 308 g/mol. The lowest BCUT2D eigenvalue weighted by atomic mass is 10.1. The summed E-state index contributed by atoms with van der Waals surface area (Å²) in [5.41, 5.74) is 3.66. The third kappa shape index (κ3) is 2.38. The topological polar surface area (TPSA) is 63.7 Å². The van der Waals surface area contributed by atoms with Crippen LogP contribution in [0.5, 0.6) is 5.75 Å². The SMILES string of the molecule is CCOc1ccc(-c2cnc3cc4cn[nH]c4cc3n2)cc1F. The third-order valence-corrected chi connectivity index (χ3v) is 3.63. The summed E-state index contributed by atoms with van der Waals surface area (Å²) in [6.45, 7) is 2.24. The molecule has 5 nitrogen and oxygen atoms in total. The van der Waals surface area contributed by atoms with E-state index >= 15 is 0 Å². The summed E-state index contributed by atoms with van der Waals surface area (Å²) < 4.78 is 19.2. The number of aromatic nitrogens is 4. The van der Waals surface area contributed by atoms with Crippen LogP contribution >= 0.6 is 0 Å². The van der Waals surface area contributed by atoms with Gasteiger partial charge in [0.2, 0.25) is 0 Å². The number of hydrogen-bond donors (Lipinski definition) is 1. The van der Waals surface area contributed by atoms with Gasteiger partial charge in [-0.3, -0.25) is 10.1 Å². The first-order valence-corrected chi connectivity index (χ1v) is 7.27. The molecule has 0 aliphatic rings. The van der Waals surface area contributed by atoms with E-state index in [1.165, 1.54) is 6.07 Å². The number of benzene rings is 2. The third-order valence-electron chi connectivity index (χ3n) is 3.63. The molecular formula is C17H13FN4O. The van der Waals surface area contributed by atoms with Gasteiger partial charge in [-0.1, -0.05) is 0 Å². The van der Waals surface area contributed by atoms with Gasteiger partial charge in [0.1, 0.15) is 0 Å². The van der Waals surface area contributed by atoms with Crippen molar-refractivity contribution in [3.8, 4) is 17.0 Å². The van der Waals surface area contributed by atoms with Crippen LogP contribution in [0.15, 0.2) is 42.7 Å². The zero-order valence-corrected chi connectivity index (χ0v) is 12.4. The number of rotatable bonds is 3. The fourth-order valence-corrected chi connectivity index (χ4v) is 2.52. The first-order valence-electron chi connectivity index (χ1n) is 7.27. The second-order valence-corrected chi connectivity index (χ2v) is 5.13. The Bertz CT molecular complexity index is 1010. The Labute approximate surface area is 131 Å². The summed E-state index contributed by atoms with van der Waals surface area (Å²) >= 11 is 0. The molecule has 114 valence electrons. The van der Waals surface area contributed by atoms with Crippen LogP contribution in [0, 0.1) is 5.82 Å². The molecule has 23 heavy (non-hydrogen) atoms. The molecule has 0 atom stereocenters. The smallest absolute Gasteiger partial charge is 0.165 e. The van der Waals surface area contributed by atoms with Crippen LogP contribution < -0.4 is 4.74 Å². The minimum Gasteiger partial charge on any atom is -0.491 e. The molecule has 0 aliphatic carbocycles. The van der Waals surface area contributed by atoms with E-state index in [0.29, 0.717) is 17.9 Å². The molecule has 0 radical (unpaired) electrons. The largest absolute Gasteiger partial charge is 0.491 e. The maximum Gasteiger partial charge on any atom is 0.165 e. The summed E-state index contributed by atoms with van der Waals surface area (Å²) in [7, 11) is 0. The van der Waals surface area contributed by atoms with Crippen LogP contribution in [0.4, 0.5) is 4.39 Å². The van der Waals surface area contributed by atoms with Crippen molar-refractivity contribution in [2.75, 3.05) is 6.61 Å². The summed E-state index contributed by atoms with van der Waals surface area (Å²) in [4.78, 5) is 8.99. The molecule has 0 aliphatic heterocycles. The van der Waals surface area contributed by atoms with Crippen molar-refractivity contribution in [1.82, 2.24) is 20.2 Å². The first kappa shape index (κ1) is 13.6. The Morgan fingerprint density at radius 2 is 2.04 bits per heavy atom. The van der Waals surface area contributed by atoms with Crippen molar-refractivity contribution >= 4 is 21.9 Å². The molecule has 2 heterocycles. The molecule has 0 spiro atoms. The summed E-state index contributed by atoms with van der Waals surface area (Å²) in [5.74, 6) is -0.167. The molecule has 0 bridgehead atoms. The van der Waals surface area contributed by atoms with Gasteiger partial charge >= 0.3 is 0 Å². The number of fused-ring (bicyclic) bond motifs is 2. The normalized spacial score (nSPS) is 11.2. The summed E-state index contributed by atoms with van der Waals surface area (Å²) in [5, 5.41) is 7.89. The fraction of sp³-hybridized carbons (Fsp3) is 0.118. The van der Waals surface area contributed by atoms with E-state index in [2.05, 4.69) is 20.2 Å². The summed E-state index contributed by atoms with van der Waals surface area (Å²) in [6, 6.07) is 8.61. The standard InChI is InChI=1S/C17H13FN4O/c1-2-23-17-4-3-10(5-12(17)18)16-9-19-14-6-11-8-20-22-13(11)7-15(14)21-16/h3-9H,2H2,1H3,(H,20,22). The van der Waals surface area contributed by atoms with E-state index < -0.39 is 5.82 Å². The van der Waals surface area contributed by atoms with Gasteiger partial charge in [0.15, 0.2) is 11.6 Å². The highest BCUT2D eigenvalue weighted by atomic mass is 19.1. The van der Waals surface area contributed by atoms with Crippen molar-refractivity contribution in [3.63, 3.8) is 0 Å². The Morgan fingerprint density at radius 1 is 1.13 bits per heavy atom. The Kier molecular flexibility index (Phi) is 3.15. The first-order chi connectivity index (χ1) is 11.2. The number of H-pyrrole nitrogens is 1. The Hall–Kier alpha value is -3.02. The molecule has 6 heteroatoms. The van der Waals surface area contributed by atoms with Crippen LogP contribution in [0.3, 0.4) is 0 Å². The monoisotopic (exact) mass is 308 g/mol. The van der Waals surface area contributed by atoms with E-state index in [1.54, 1.807) is 24.5 Å². The Morgan fingerprint density at radius 3 is 2.87 bits per heavy atom. The zero-order valence-electron chi connectivity index (χ0n) is 12.4. The highest BCUT2D eigenvalue weighted by Crippen LogP contribution is 2.26. The van der Waals surface area contributed by atoms with Gasteiger partial charge in [-0.05, 0) is 37.3 Å². The fourth-order valence-electron chi connectivity index (χ4n) is 2.52. The van der Waals surface area contributed by atoms with Gasteiger partial charge in [0.05, 0.1) is 41.2 Å². The zero-order chi connectivity index (χ0) is 15.8. The van der Waals surface area contributed by atoms with Crippen LogP contribution in [0.2, 0.25) is 0 Å². The molecule has 1 N–H and O–H groups in total. The van der Waals surface area contributed by atoms with Crippen LogP contribution in [0.1, 0.15) is 6.92 Å². The van der Waals surface area contributed by atoms with E-state index in [1.807, 2.05) is 19.1 Å². The lowest BCUT2D eigenvalue weighted by molar-refractivity contribution is 0.321. The van der Waals surface area contributed by atoms with E-state index in [9.17, 15) is 4.39 Å². The number of nitrogens with zero attached hydrogens (tertiary/aromatic N) is 3. The van der Waals surface area contributed by atoms with E-state index in [4.69, 9.17) is 4.74 Å². The van der Waals surface area contributed by atoms with Gasteiger partial charge in [-0.25, -0.2) is 9.37 Å².